The second-order valence-corrected chi connectivity index (χ2v) is 11.3. The predicted octanol–water partition coefficient (Wildman–Crippen LogP) is 4.16. The number of imidazole rings is 1. The average Bonchev–Trinajstić information content (AvgIpc) is 3.20. The van der Waals surface area contributed by atoms with Crippen molar-refractivity contribution in [2.75, 3.05) is 26.2 Å². The lowest BCUT2D eigenvalue weighted by atomic mass is 10.1. The van der Waals surface area contributed by atoms with E-state index in [-0.39, 0.29) is 0 Å². The number of hydrogen-bond donors (Lipinski definition) is 0. The molecule has 8 heteroatoms. The third-order valence-electron chi connectivity index (χ3n) is 6.88. The monoisotopic (exact) mass is 489 g/mol. The van der Waals surface area contributed by atoms with Gasteiger partial charge in [0.25, 0.3) is 0 Å². The summed E-state index contributed by atoms with van der Waals surface area (Å²) >= 11 is 0. The highest BCUT2D eigenvalue weighted by Gasteiger charge is 2.30. The van der Waals surface area contributed by atoms with Crippen molar-refractivity contribution in [3.8, 4) is 5.69 Å². The molecule has 0 radical (unpaired) electrons. The number of benzene rings is 2. The number of piperazine rings is 1. The van der Waals surface area contributed by atoms with Crippen molar-refractivity contribution in [2.45, 2.75) is 39.1 Å². The van der Waals surface area contributed by atoms with Gasteiger partial charge in [0.2, 0.25) is 10.0 Å². The molecule has 35 heavy (non-hydrogen) atoms. The van der Waals surface area contributed by atoms with Crippen LogP contribution in [0.1, 0.15) is 28.1 Å². The molecule has 4 aromatic rings. The Morgan fingerprint density at radius 2 is 1.54 bits per heavy atom. The van der Waals surface area contributed by atoms with Crippen LogP contribution in [0.3, 0.4) is 0 Å². The minimum atomic E-state index is -3.53. The molecule has 0 N–H and O–H groups in total. The highest BCUT2D eigenvalue weighted by Crippen LogP contribution is 2.26. The minimum absolute atomic E-state index is 0.418. The number of nitrogens with zero attached hydrogens (tertiary/aromatic N) is 5. The van der Waals surface area contributed by atoms with Crippen LogP contribution in [-0.4, -0.2) is 58.3 Å². The summed E-state index contributed by atoms with van der Waals surface area (Å²) in [5, 5.41) is 0. The molecular formula is C27H31N5O2S. The second-order valence-electron chi connectivity index (χ2n) is 9.43. The fraction of sp³-hybridized carbons (Fsp3) is 0.333. The van der Waals surface area contributed by atoms with E-state index in [1.165, 1.54) is 5.56 Å². The van der Waals surface area contributed by atoms with E-state index in [9.17, 15) is 8.42 Å². The quantitative estimate of drug-likeness (QED) is 0.421. The topological polar surface area (TPSA) is 71.3 Å². The molecule has 3 heterocycles. The second kappa shape index (κ2) is 9.18. The lowest BCUT2D eigenvalue weighted by Gasteiger charge is -2.34. The number of hydrogen-bond acceptors (Lipinski definition) is 5. The minimum Gasteiger partial charge on any atom is -0.293 e. The Hall–Kier alpha value is -3.07. The number of sulfonamides is 1. The van der Waals surface area contributed by atoms with Crippen LogP contribution in [0, 0.1) is 27.7 Å². The maximum absolute atomic E-state index is 13.4. The van der Waals surface area contributed by atoms with Gasteiger partial charge in [-0.1, -0.05) is 23.8 Å². The molecule has 0 spiro atoms. The molecule has 0 amide bonds. The SMILES string of the molecule is Cc1ccc(-n2c(CN3CCN(S(=O)(=O)c4cc(C)c(C)cc4C)CC3)nc3cccnc32)cc1. The molecule has 1 saturated heterocycles. The first-order valence-corrected chi connectivity index (χ1v) is 13.4. The van der Waals surface area contributed by atoms with Crippen molar-refractivity contribution < 1.29 is 8.42 Å². The number of aromatic nitrogens is 3. The van der Waals surface area contributed by atoms with Gasteiger partial charge in [0.15, 0.2) is 5.65 Å². The molecule has 0 atom stereocenters. The summed E-state index contributed by atoms with van der Waals surface area (Å²) in [5.74, 6) is 0.906. The summed E-state index contributed by atoms with van der Waals surface area (Å²) < 4.78 is 30.5. The number of aryl methyl sites for hydroxylation is 4. The van der Waals surface area contributed by atoms with Crippen LogP contribution >= 0.6 is 0 Å². The first-order chi connectivity index (χ1) is 16.7. The molecule has 2 aromatic carbocycles. The normalized spacial score (nSPS) is 15.7. The van der Waals surface area contributed by atoms with E-state index in [0.717, 1.165) is 39.4 Å². The number of pyridine rings is 1. The van der Waals surface area contributed by atoms with Crippen LogP contribution in [0.15, 0.2) is 59.6 Å². The molecule has 0 unspecified atom stereocenters. The van der Waals surface area contributed by atoms with Gasteiger partial charge in [0.05, 0.1) is 11.4 Å². The maximum Gasteiger partial charge on any atom is 0.243 e. The molecule has 2 aromatic heterocycles. The van der Waals surface area contributed by atoms with E-state index >= 15 is 0 Å². The van der Waals surface area contributed by atoms with E-state index in [1.807, 2.05) is 45.0 Å². The molecule has 182 valence electrons. The fourth-order valence-corrected chi connectivity index (χ4v) is 6.42. The molecule has 0 bridgehead atoms. The fourth-order valence-electron chi connectivity index (χ4n) is 4.71. The zero-order valence-electron chi connectivity index (χ0n) is 20.7. The molecule has 1 aliphatic rings. The van der Waals surface area contributed by atoms with Gasteiger partial charge < -0.3 is 0 Å². The zero-order chi connectivity index (χ0) is 24.7. The van der Waals surface area contributed by atoms with Crippen LogP contribution in [0.4, 0.5) is 0 Å². The van der Waals surface area contributed by atoms with Gasteiger partial charge >= 0.3 is 0 Å². The summed E-state index contributed by atoms with van der Waals surface area (Å²) in [6, 6.07) is 16.0. The van der Waals surface area contributed by atoms with Crippen molar-refractivity contribution >= 4 is 21.2 Å². The van der Waals surface area contributed by atoms with Crippen LogP contribution in [0.5, 0.6) is 0 Å². The molecule has 5 rings (SSSR count). The highest BCUT2D eigenvalue weighted by molar-refractivity contribution is 7.89. The molecule has 0 aliphatic carbocycles. The largest absolute Gasteiger partial charge is 0.293 e. The number of fused-ring (bicyclic) bond motifs is 1. The van der Waals surface area contributed by atoms with Crippen LogP contribution in [0.2, 0.25) is 0 Å². The Labute approximate surface area is 207 Å². The third-order valence-corrected chi connectivity index (χ3v) is 8.92. The van der Waals surface area contributed by atoms with Crippen molar-refractivity contribution in [1.82, 2.24) is 23.7 Å². The van der Waals surface area contributed by atoms with Crippen LogP contribution < -0.4 is 0 Å². The molecule has 1 aliphatic heterocycles. The molecule has 1 fully saturated rings. The van der Waals surface area contributed by atoms with Gasteiger partial charge in [-0.25, -0.2) is 18.4 Å². The predicted molar refractivity (Wildman–Crippen MR) is 138 cm³/mol. The van der Waals surface area contributed by atoms with E-state index in [1.54, 1.807) is 10.5 Å². The standard InChI is InChI=1S/C27H31N5O2S/c1-19-7-9-23(10-8-19)32-26(29-24-6-5-11-28-27(24)32)18-30-12-14-31(15-13-30)35(33,34)25-17-21(3)20(2)16-22(25)4/h5-11,16-17H,12-15,18H2,1-4H3. The lowest BCUT2D eigenvalue weighted by molar-refractivity contribution is 0.177. The van der Waals surface area contributed by atoms with Crippen LogP contribution in [-0.2, 0) is 16.6 Å². The Kier molecular flexibility index (Phi) is 6.21. The van der Waals surface area contributed by atoms with Crippen LogP contribution in [0.25, 0.3) is 16.9 Å². The number of rotatable bonds is 5. The van der Waals surface area contributed by atoms with Gasteiger partial charge in [-0.15, -0.1) is 0 Å². The first kappa shape index (κ1) is 23.7. The van der Waals surface area contributed by atoms with Gasteiger partial charge in [-0.2, -0.15) is 4.31 Å². The Balaban J connectivity index is 1.37. The lowest BCUT2D eigenvalue weighted by Crippen LogP contribution is -2.48. The van der Waals surface area contributed by atoms with Crippen molar-refractivity contribution in [2.24, 2.45) is 0 Å². The van der Waals surface area contributed by atoms with E-state index < -0.39 is 10.0 Å². The van der Waals surface area contributed by atoms with Crippen molar-refractivity contribution in [3.05, 3.63) is 82.8 Å². The summed E-state index contributed by atoms with van der Waals surface area (Å²) in [7, 11) is -3.53. The van der Waals surface area contributed by atoms with Crippen molar-refractivity contribution in [3.63, 3.8) is 0 Å². The maximum atomic E-state index is 13.4. The Morgan fingerprint density at radius 3 is 2.26 bits per heavy atom. The van der Waals surface area contributed by atoms with E-state index in [4.69, 9.17) is 4.98 Å². The average molecular weight is 490 g/mol. The van der Waals surface area contributed by atoms with Gasteiger partial charge in [-0.3, -0.25) is 9.47 Å². The third kappa shape index (κ3) is 4.49. The summed E-state index contributed by atoms with van der Waals surface area (Å²) in [6.07, 6.45) is 1.79. The summed E-state index contributed by atoms with van der Waals surface area (Å²) in [4.78, 5) is 12.2. The molecule has 0 saturated carbocycles. The van der Waals surface area contributed by atoms with Gasteiger partial charge in [-0.05, 0) is 74.7 Å². The van der Waals surface area contributed by atoms with E-state index in [0.29, 0.717) is 37.6 Å². The Morgan fingerprint density at radius 1 is 0.857 bits per heavy atom. The van der Waals surface area contributed by atoms with E-state index in [2.05, 4.69) is 45.6 Å². The molecular weight excluding hydrogens is 458 g/mol. The first-order valence-electron chi connectivity index (χ1n) is 11.9. The van der Waals surface area contributed by atoms with Gasteiger partial charge in [0, 0.05) is 38.1 Å². The Bertz CT molecular complexity index is 1480. The molecule has 7 nitrogen and oxygen atoms in total. The van der Waals surface area contributed by atoms with Crippen molar-refractivity contribution in [1.29, 1.82) is 0 Å². The summed E-state index contributed by atoms with van der Waals surface area (Å²) in [6.45, 7) is 10.7. The highest BCUT2D eigenvalue weighted by atomic mass is 32.2. The summed E-state index contributed by atoms with van der Waals surface area (Å²) in [5.41, 5.74) is 6.82. The smallest absolute Gasteiger partial charge is 0.243 e. The zero-order valence-corrected chi connectivity index (χ0v) is 21.5. The van der Waals surface area contributed by atoms with Gasteiger partial charge in [0.1, 0.15) is 11.3 Å².